The predicted octanol–water partition coefficient (Wildman–Crippen LogP) is -0.175. The van der Waals surface area contributed by atoms with Gasteiger partial charge in [-0.1, -0.05) is 30.3 Å². The summed E-state index contributed by atoms with van der Waals surface area (Å²) in [5, 5.41) is 15.7. The van der Waals surface area contributed by atoms with Gasteiger partial charge in [-0.25, -0.2) is 0 Å². The van der Waals surface area contributed by atoms with Gasteiger partial charge in [-0.15, -0.1) is 0 Å². The molecule has 5 heteroatoms. The number of hydrogen-bond acceptors (Lipinski definition) is 4. The quantitative estimate of drug-likeness (QED) is 0.693. The smallest absolute Gasteiger partial charge is 0.250 e. The molecule has 0 bridgehead atoms. The first-order chi connectivity index (χ1) is 8.77. The molecule has 0 spiro atoms. The van der Waals surface area contributed by atoms with Crippen LogP contribution in [0.2, 0.25) is 0 Å². The molecule has 0 aromatic heterocycles. The van der Waals surface area contributed by atoms with Crippen molar-refractivity contribution in [2.75, 3.05) is 26.2 Å². The molecule has 2 rings (SSSR count). The van der Waals surface area contributed by atoms with Crippen molar-refractivity contribution in [3.8, 4) is 0 Å². The van der Waals surface area contributed by atoms with Crippen LogP contribution in [0.3, 0.4) is 0 Å². The van der Waals surface area contributed by atoms with E-state index in [0.29, 0.717) is 13.2 Å². The van der Waals surface area contributed by atoms with Crippen LogP contribution in [0.5, 0.6) is 0 Å². The summed E-state index contributed by atoms with van der Waals surface area (Å²) in [6, 6.07) is 9.25. The highest BCUT2D eigenvalue weighted by atomic mass is 16.5. The lowest BCUT2D eigenvalue weighted by atomic mass is 10.1. The van der Waals surface area contributed by atoms with Crippen molar-refractivity contribution in [2.45, 2.75) is 12.2 Å². The lowest BCUT2D eigenvalue weighted by Crippen LogP contribution is -2.48. The molecule has 1 aliphatic rings. The molecule has 1 saturated heterocycles. The van der Waals surface area contributed by atoms with E-state index in [0.717, 1.165) is 12.1 Å². The maximum atomic E-state index is 11.7. The molecule has 5 nitrogen and oxygen atoms in total. The number of aliphatic hydroxyl groups excluding tert-OH is 1. The van der Waals surface area contributed by atoms with Gasteiger partial charge in [-0.3, -0.25) is 4.79 Å². The van der Waals surface area contributed by atoms with Crippen LogP contribution in [0.4, 0.5) is 0 Å². The maximum absolute atomic E-state index is 11.7. The third-order valence-corrected chi connectivity index (χ3v) is 2.87. The van der Waals surface area contributed by atoms with E-state index >= 15 is 0 Å². The van der Waals surface area contributed by atoms with Gasteiger partial charge in [0.2, 0.25) is 0 Å². The largest absolute Gasteiger partial charge is 0.387 e. The van der Waals surface area contributed by atoms with E-state index in [1.165, 1.54) is 0 Å². The summed E-state index contributed by atoms with van der Waals surface area (Å²) in [7, 11) is 0. The van der Waals surface area contributed by atoms with Crippen molar-refractivity contribution in [3.63, 3.8) is 0 Å². The molecule has 0 aliphatic carbocycles. The lowest BCUT2D eigenvalue weighted by Gasteiger charge is -2.23. The van der Waals surface area contributed by atoms with Crippen molar-refractivity contribution in [1.29, 1.82) is 0 Å². The topological polar surface area (TPSA) is 70.6 Å². The number of ether oxygens (including phenoxy) is 1. The van der Waals surface area contributed by atoms with Crippen molar-refractivity contribution >= 4 is 5.91 Å². The van der Waals surface area contributed by atoms with Crippen LogP contribution in [-0.4, -0.2) is 43.4 Å². The zero-order valence-corrected chi connectivity index (χ0v) is 10.1. The Hall–Kier alpha value is -1.43. The molecular weight excluding hydrogens is 232 g/mol. The average molecular weight is 250 g/mol. The summed E-state index contributed by atoms with van der Waals surface area (Å²) in [5.41, 5.74) is 0.792. The normalized spacial score (nSPS) is 21.3. The van der Waals surface area contributed by atoms with Gasteiger partial charge in [0.1, 0.15) is 6.10 Å². The van der Waals surface area contributed by atoms with Crippen molar-refractivity contribution in [3.05, 3.63) is 35.9 Å². The van der Waals surface area contributed by atoms with Gasteiger partial charge in [0.15, 0.2) is 0 Å². The Balaban J connectivity index is 1.78. The first-order valence-corrected chi connectivity index (χ1v) is 6.10. The molecule has 1 amide bonds. The Bertz CT molecular complexity index is 377. The van der Waals surface area contributed by atoms with E-state index in [-0.39, 0.29) is 12.5 Å². The van der Waals surface area contributed by atoms with Crippen LogP contribution in [0, 0.1) is 0 Å². The zero-order chi connectivity index (χ0) is 12.8. The van der Waals surface area contributed by atoms with Gasteiger partial charge in [0.25, 0.3) is 5.91 Å². The molecule has 3 N–H and O–H groups in total. The minimum absolute atomic E-state index is 0.183. The summed E-state index contributed by atoms with van der Waals surface area (Å²) < 4.78 is 5.32. The molecule has 1 heterocycles. The molecule has 2 atom stereocenters. The summed E-state index contributed by atoms with van der Waals surface area (Å²) >= 11 is 0. The standard InChI is InChI=1S/C13H18N2O3/c16-11(10-4-2-1-3-5-10)8-15-13(17)12-9-14-6-7-18-12/h1-5,11-12,14,16H,6-9H2,(H,15,17). The van der Waals surface area contributed by atoms with Crippen LogP contribution >= 0.6 is 0 Å². The van der Waals surface area contributed by atoms with Gasteiger partial charge in [-0.2, -0.15) is 0 Å². The van der Waals surface area contributed by atoms with Gasteiger partial charge >= 0.3 is 0 Å². The third kappa shape index (κ3) is 3.53. The fraction of sp³-hybridized carbons (Fsp3) is 0.462. The summed E-state index contributed by atoms with van der Waals surface area (Å²) in [4.78, 5) is 11.7. The summed E-state index contributed by atoms with van der Waals surface area (Å²) in [5.74, 6) is -0.183. The number of aliphatic hydroxyl groups is 1. The monoisotopic (exact) mass is 250 g/mol. The van der Waals surface area contributed by atoms with Crippen LogP contribution < -0.4 is 10.6 Å². The van der Waals surface area contributed by atoms with Crippen molar-refractivity contribution < 1.29 is 14.6 Å². The molecule has 1 aromatic carbocycles. The van der Waals surface area contributed by atoms with E-state index in [9.17, 15) is 9.90 Å². The van der Waals surface area contributed by atoms with Crippen molar-refractivity contribution in [1.82, 2.24) is 10.6 Å². The molecule has 0 radical (unpaired) electrons. The molecule has 1 fully saturated rings. The molecule has 0 saturated carbocycles. The Morgan fingerprint density at radius 3 is 2.94 bits per heavy atom. The second-order valence-corrected chi connectivity index (χ2v) is 4.24. The van der Waals surface area contributed by atoms with Crippen LogP contribution in [0.25, 0.3) is 0 Å². The lowest BCUT2D eigenvalue weighted by molar-refractivity contribution is -0.134. The fourth-order valence-corrected chi connectivity index (χ4v) is 1.84. The number of carbonyl (C=O) groups is 1. The SMILES string of the molecule is O=C(NCC(O)c1ccccc1)C1CNCCO1. The summed E-state index contributed by atoms with van der Waals surface area (Å²) in [6.07, 6.45) is -1.14. The second-order valence-electron chi connectivity index (χ2n) is 4.24. The number of nitrogens with one attached hydrogen (secondary N) is 2. The Labute approximate surface area is 106 Å². The Kier molecular flexibility index (Phi) is 4.69. The van der Waals surface area contributed by atoms with E-state index in [2.05, 4.69) is 10.6 Å². The average Bonchev–Trinajstić information content (AvgIpc) is 2.46. The first-order valence-electron chi connectivity index (χ1n) is 6.10. The maximum Gasteiger partial charge on any atom is 0.250 e. The second kappa shape index (κ2) is 6.49. The van der Waals surface area contributed by atoms with E-state index in [4.69, 9.17) is 4.74 Å². The number of hydrogen-bond donors (Lipinski definition) is 3. The molecule has 1 aliphatic heterocycles. The predicted molar refractivity (Wildman–Crippen MR) is 67.0 cm³/mol. The van der Waals surface area contributed by atoms with Crippen molar-refractivity contribution in [2.24, 2.45) is 0 Å². The van der Waals surface area contributed by atoms with Crippen LogP contribution in [-0.2, 0) is 9.53 Å². The molecule has 1 aromatic rings. The number of morpholine rings is 1. The van der Waals surface area contributed by atoms with Crippen LogP contribution in [0.1, 0.15) is 11.7 Å². The number of benzene rings is 1. The van der Waals surface area contributed by atoms with E-state index in [1.54, 1.807) is 0 Å². The van der Waals surface area contributed by atoms with Gasteiger partial charge in [0, 0.05) is 19.6 Å². The van der Waals surface area contributed by atoms with E-state index in [1.807, 2.05) is 30.3 Å². The highest BCUT2D eigenvalue weighted by Crippen LogP contribution is 2.10. The third-order valence-electron chi connectivity index (χ3n) is 2.87. The molecule has 98 valence electrons. The number of rotatable bonds is 4. The number of amides is 1. The van der Waals surface area contributed by atoms with Gasteiger partial charge in [-0.05, 0) is 5.56 Å². The highest BCUT2D eigenvalue weighted by molar-refractivity contribution is 5.81. The van der Waals surface area contributed by atoms with Gasteiger partial charge in [0.05, 0.1) is 12.7 Å². The Morgan fingerprint density at radius 2 is 2.28 bits per heavy atom. The van der Waals surface area contributed by atoms with Gasteiger partial charge < -0.3 is 20.5 Å². The highest BCUT2D eigenvalue weighted by Gasteiger charge is 2.22. The fourth-order valence-electron chi connectivity index (χ4n) is 1.84. The Morgan fingerprint density at radius 1 is 1.50 bits per heavy atom. The number of carbonyl (C=O) groups excluding carboxylic acids is 1. The molecule has 2 unspecified atom stereocenters. The molecule has 18 heavy (non-hydrogen) atoms. The van der Waals surface area contributed by atoms with Crippen LogP contribution in [0.15, 0.2) is 30.3 Å². The molecular formula is C13H18N2O3. The first kappa shape index (κ1) is 13.0. The summed E-state index contributed by atoms with van der Waals surface area (Å²) in [6.45, 7) is 2.03. The van der Waals surface area contributed by atoms with E-state index < -0.39 is 12.2 Å². The zero-order valence-electron chi connectivity index (χ0n) is 10.1. The minimum atomic E-state index is -0.688. The minimum Gasteiger partial charge on any atom is -0.387 e.